The third-order valence-corrected chi connectivity index (χ3v) is 3.24. The predicted molar refractivity (Wildman–Crippen MR) is 76.5 cm³/mol. The summed E-state index contributed by atoms with van der Waals surface area (Å²) < 4.78 is 1.68. The highest BCUT2D eigenvalue weighted by Crippen LogP contribution is 2.18. The van der Waals surface area contributed by atoms with Crippen LogP contribution < -0.4 is 11.3 Å². The number of nitrogens with two attached hydrogens (primary N) is 1. The minimum atomic E-state index is -0.0868. The van der Waals surface area contributed by atoms with Crippen molar-refractivity contribution in [2.45, 2.75) is 12.5 Å². The van der Waals surface area contributed by atoms with E-state index in [2.05, 4.69) is 26.8 Å². The Morgan fingerprint density at radius 3 is 2.85 bits per heavy atom. The van der Waals surface area contributed by atoms with Crippen LogP contribution in [-0.2, 0) is 13.5 Å². The molecule has 0 spiro atoms. The maximum absolute atomic E-state index is 5.66. The van der Waals surface area contributed by atoms with Crippen molar-refractivity contribution >= 4 is 10.9 Å². The van der Waals surface area contributed by atoms with Gasteiger partial charge in [0.05, 0.1) is 22.9 Å². The molecule has 0 fully saturated rings. The van der Waals surface area contributed by atoms with E-state index >= 15 is 0 Å². The molecule has 102 valence electrons. The van der Waals surface area contributed by atoms with Crippen molar-refractivity contribution in [3.8, 4) is 0 Å². The summed E-state index contributed by atoms with van der Waals surface area (Å²) in [5.41, 5.74) is 5.54. The Morgan fingerprint density at radius 1 is 1.25 bits per heavy atom. The molecule has 3 rings (SSSR count). The number of hydrogen-bond acceptors (Lipinski definition) is 5. The van der Waals surface area contributed by atoms with E-state index in [4.69, 9.17) is 5.84 Å². The summed E-state index contributed by atoms with van der Waals surface area (Å²) in [5, 5.41) is 9.12. The van der Waals surface area contributed by atoms with Crippen LogP contribution in [0.3, 0.4) is 0 Å². The number of hydrazine groups is 1. The summed E-state index contributed by atoms with van der Waals surface area (Å²) in [5.74, 6) is 5.66. The lowest BCUT2D eigenvalue weighted by Crippen LogP contribution is -2.30. The molecule has 1 unspecified atom stereocenters. The third kappa shape index (κ3) is 2.52. The number of nitrogens with one attached hydrogen (secondary N) is 1. The Labute approximate surface area is 116 Å². The average Bonchev–Trinajstić information content (AvgIpc) is 2.89. The minimum Gasteiger partial charge on any atom is -0.271 e. The molecule has 1 aromatic carbocycles. The van der Waals surface area contributed by atoms with Crippen LogP contribution in [0.1, 0.15) is 17.4 Å². The summed E-state index contributed by atoms with van der Waals surface area (Å²) in [7, 11) is 1.84. The van der Waals surface area contributed by atoms with Crippen molar-refractivity contribution in [3.63, 3.8) is 0 Å². The Morgan fingerprint density at radius 2 is 2.10 bits per heavy atom. The molecule has 0 radical (unpaired) electrons. The van der Waals surface area contributed by atoms with Gasteiger partial charge in [-0.2, -0.15) is 0 Å². The Kier molecular flexibility index (Phi) is 3.41. The summed E-state index contributed by atoms with van der Waals surface area (Å²) in [6, 6.07) is 12.0. The van der Waals surface area contributed by atoms with E-state index in [-0.39, 0.29) is 6.04 Å². The van der Waals surface area contributed by atoms with Gasteiger partial charge in [-0.25, -0.2) is 0 Å². The molecule has 1 atom stereocenters. The fourth-order valence-electron chi connectivity index (χ4n) is 2.22. The molecule has 0 aliphatic rings. The third-order valence-electron chi connectivity index (χ3n) is 3.24. The van der Waals surface area contributed by atoms with Gasteiger partial charge in [-0.1, -0.05) is 29.5 Å². The van der Waals surface area contributed by atoms with Gasteiger partial charge in [0.1, 0.15) is 0 Å². The Hall–Kier alpha value is -2.31. The number of benzene rings is 1. The van der Waals surface area contributed by atoms with E-state index in [1.807, 2.05) is 43.6 Å². The first kappa shape index (κ1) is 12.7. The fourth-order valence-corrected chi connectivity index (χ4v) is 2.22. The van der Waals surface area contributed by atoms with Crippen molar-refractivity contribution in [1.29, 1.82) is 0 Å². The highest BCUT2D eigenvalue weighted by atomic mass is 15.4. The molecule has 20 heavy (non-hydrogen) atoms. The molecule has 0 saturated heterocycles. The molecule has 6 heteroatoms. The van der Waals surface area contributed by atoms with Gasteiger partial charge in [-0.3, -0.25) is 20.9 Å². The van der Waals surface area contributed by atoms with Gasteiger partial charge in [0.25, 0.3) is 0 Å². The standard InChI is InChI=1S/C14H16N6/c1-20-9-11(18-19-20)8-14(17-15)13-7-6-10-4-2-3-5-12(10)16-13/h2-7,9,14,17H,8,15H2,1H3. The van der Waals surface area contributed by atoms with E-state index in [1.54, 1.807) is 4.68 Å². The predicted octanol–water partition coefficient (Wildman–Crippen LogP) is 1.11. The average molecular weight is 268 g/mol. The van der Waals surface area contributed by atoms with Crippen LogP contribution in [0.4, 0.5) is 0 Å². The van der Waals surface area contributed by atoms with Crippen molar-refractivity contribution in [1.82, 2.24) is 25.4 Å². The zero-order valence-corrected chi connectivity index (χ0v) is 11.2. The fraction of sp³-hybridized carbons (Fsp3) is 0.214. The first-order chi connectivity index (χ1) is 9.76. The molecular formula is C14H16N6. The van der Waals surface area contributed by atoms with Crippen molar-refractivity contribution in [2.75, 3.05) is 0 Å². The first-order valence-electron chi connectivity index (χ1n) is 6.43. The maximum atomic E-state index is 5.66. The first-order valence-corrected chi connectivity index (χ1v) is 6.43. The van der Waals surface area contributed by atoms with Gasteiger partial charge in [0.2, 0.25) is 0 Å². The number of aryl methyl sites for hydroxylation is 1. The number of rotatable bonds is 4. The lowest BCUT2D eigenvalue weighted by atomic mass is 10.1. The molecule has 0 bridgehead atoms. The van der Waals surface area contributed by atoms with E-state index in [9.17, 15) is 0 Å². The van der Waals surface area contributed by atoms with Crippen LogP contribution in [0.5, 0.6) is 0 Å². The molecule has 0 aliphatic carbocycles. The summed E-state index contributed by atoms with van der Waals surface area (Å²) in [6.07, 6.45) is 2.53. The number of pyridine rings is 1. The van der Waals surface area contributed by atoms with Crippen LogP contribution in [0.15, 0.2) is 42.6 Å². The highest BCUT2D eigenvalue weighted by Gasteiger charge is 2.14. The van der Waals surface area contributed by atoms with Crippen LogP contribution in [0.25, 0.3) is 10.9 Å². The number of hydrogen-bond donors (Lipinski definition) is 2. The van der Waals surface area contributed by atoms with E-state index in [1.165, 1.54) is 0 Å². The monoisotopic (exact) mass is 268 g/mol. The van der Waals surface area contributed by atoms with Crippen molar-refractivity contribution < 1.29 is 0 Å². The summed E-state index contributed by atoms with van der Waals surface area (Å²) in [4.78, 5) is 4.65. The van der Waals surface area contributed by atoms with Crippen LogP contribution in [0.2, 0.25) is 0 Å². The molecule has 2 heterocycles. The highest BCUT2D eigenvalue weighted by molar-refractivity contribution is 5.78. The molecule has 0 saturated carbocycles. The number of aromatic nitrogens is 4. The van der Waals surface area contributed by atoms with Gasteiger partial charge in [0.15, 0.2) is 0 Å². The summed E-state index contributed by atoms with van der Waals surface area (Å²) in [6.45, 7) is 0. The Bertz CT molecular complexity index is 720. The van der Waals surface area contributed by atoms with Crippen molar-refractivity contribution in [3.05, 3.63) is 54.0 Å². The normalized spacial score (nSPS) is 12.7. The zero-order valence-electron chi connectivity index (χ0n) is 11.2. The molecule has 6 nitrogen and oxygen atoms in total. The number of nitrogens with zero attached hydrogens (tertiary/aromatic N) is 4. The van der Waals surface area contributed by atoms with E-state index < -0.39 is 0 Å². The molecule has 3 N–H and O–H groups in total. The van der Waals surface area contributed by atoms with Gasteiger partial charge in [-0.05, 0) is 12.1 Å². The maximum Gasteiger partial charge on any atom is 0.0847 e. The zero-order chi connectivity index (χ0) is 13.9. The number of para-hydroxylation sites is 1. The van der Waals surface area contributed by atoms with Gasteiger partial charge < -0.3 is 0 Å². The Balaban J connectivity index is 1.90. The second-order valence-electron chi connectivity index (χ2n) is 4.74. The lowest BCUT2D eigenvalue weighted by molar-refractivity contribution is 0.534. The quantitative estimate of drug-likeness (QED) is 0.547. The molecule has 2 aromatic heterocycles. The van der Waals surface area contributed by atoms with Crippen LogP contribution in [-0.4, -0.2) is 20.0 Å². The van der Waals surface area contributed by atoms with Gasteiger partial charge in [0, 0.05) is 25.1 Å². The van der Waals surface area contributed by atoms with Crippen LogP contribution >= 0.6 is 0 Å². The minimum absolute atomic E-state index is 0.0868. The smallest absolute Gasteiger partial charge is 0.0847 e. The van der Waals surface area contributed by atoms with E-state index in [0.717, 1.165) is 22.3 Å². The topological polar surface area (TPSA) is 81.7 Å². The SMILES string of the molecule is Cn1cc(CC(NN)c2ccc3ccccc3n2)nn1. The van der Waals surface area contributed by atoms with E-state index in [0.29, 0.717) is 6.42 Å². The van der Waals surface area contributed by atoms with Gasteiger partial charge >= 0.3 is 0 Å². The molecule has 0 amide bonds. The molecule has 3 aromatic rings. The second kappa shape index (κ2) is 5.36. The lowest BCUT2D eigenvalue weighted by Gasteiger charge is -2.14. The van der Waals surface area contributed by atoms with Crippen molar-refractivity contribution in [2.24, 2.45) is 12.9 Å². The second-order valence-corrected chi connectivity index (χ2v) is 4.74. The molecular weight excluding hydrogens is 252 g/mol. The largest absolute Gasteiger partial charge is 0.271 e. The summed E-state index contributed by atoms with van der Waals surface area (Å²) >= 11 is 0. The number of fused-ring (bicyclic) bond motifs is 1. The molecule has 0 aliphatic heterocycles. The van der Waals surface area contributed by atoms with Gasteiger partial charge in [-0.15, -0.1) is 5.10 Å². The van der Waals surface area contributed by atoms with Crippen LogP contribution in [0, 0.1) is 0 Å².